The van der Waals surface area contributed by atoms with E-state index in [0.29, 0.717) is 27.0 Å². The van der Waals surface area contributed by atoms with Gasteiger partial charge >= 0.3 is 0 Å². The maximum atomic E-state index is 12.9. The van der Waals surface area contributed by atoms with E-state index < -0.39 is 4.92 Å². The van der Waals surface area contributed by atoms with Crippen LogP contribution in [0.4, 0.5) is 5.69 Å². The monoisotopic (exact) mass is 385 g/mol. The van der Waals surface area contributed by atoms with Crippen LogP contribution in [-0.4, -0.2) is 24.1 Å². The minimum atomic E-state index is -0.483. The van der Waals surface area contributed by atoms with Crippen molar-refractivity contribution in [3.05, 3.63) is 73.7 Å². The normalized spacial score (nSPS) is 11.2. The van der Waals surface area contributed by atoms with Crippen molar-refractivity contribution in [2.75, 3.05) is 0 Å². The number of fused-ring (bicyclic) bond motifs is 3. The van der Waals surface area contributed by atoms with E-state index in [9.17, 15) is 14.9 Å². The molecule has 4 aromatic rings. The minimum absolute atomic E-state index is 0.0394. The average Bonchev–Trinajstić information content (AvgIpc) is 2.98. The fourth-order valence-electron chi connectivity index (χ4n) is 2.60. The quantitative estimate of drug-likeness (QED) is 0.390. The molecule has 0 bridgehead atoms. The highest BCUT2D eigenvalue weighted by Gasteiger charge is 2.15. The van der Waals surface area contributed by atoms with Gasteiger partial charge in [0.25, 0.3) is 11.2 Å². The van der Waals surface area contributed by atoms with Crippen LogP contribution in [0.15, 0.2) is 58.1 Å². The summed E-state index contributed by atoms with van der Waals surface area (Å²) in [5, 5.41) is 15.1. The van der Waals surface area contributed by atoms with Gasteiger partial charge in [0.2, 0.25) is 0 Å². The Bertz CT molecular complexity index is 1160. The third-order valence-electron chi connectivity index (χ3n) is 3.63. The number of non-ortho nitro benzene ring substituents is 1. The van der Waals surface area contributed by atoms with Crippen LogP contribution < -0.4 is 5.56 Å². The molecule has 0 radical (unpaired) electrons. The summed E-state index contributed by atoms with van der Waals surface area (Å²) in [5.74, 6) is 0. The van der Waals surface area contributed by atoms with Gasteiger partial charge in [-0.3, -0.25) is 19.5 Å². The number of benzene rings is 1. The SMILES string of the molecule is O=c1c2cc(Br)nn2c2ncccc2n1-c1ccc([N+](=O)[O-])cc1. The number of rotatable bonds is 2. The van der Waals surface area contributed by atoms with Crippen molar-refractivity contribution >= 4 is 38.3 Å². The van der Waals surface area contributed by atoms with E-state index in [1.807, 2.05) is 0 Å². The molecule has 4 rings (SSSR count). The number of aromatic nitrogens is 4. The molecule has 0 aliphatic carbocycles. The number of nitro benzene ring substituents is 1. The first-order valence-electron chi connectivity index (χ1n) is 6.86. The van der Waals surface area contributed by atoms with Crippen LogP contribution >= 0.6 is 15.9 Å². The van der Waals surface area contributed by atoms with E-state index in [0.717, 1.165) is 0 Å². The molecule has 0 aliphatic heterocycles. The molecule has 0 amide bonds. The van der Waals surface area contributed by atoms with Gasteiger partial charge in [0.05, 0.1) is 10.4 Å². The van der Waals surface area contributed by atoms with Crippen molar-refractivity contribution in [2.24, 2.45) is 0 Å². The van der Waals surface area contributed by atoms with E-state index in [4.69, 9.17) is 0 Å². The summed E-state index contributed by atoms with van der Waals surface area (Å²) in [6.45, 7) is 0. The maximum absolute atomic E-state index is 12.9. The molecule has 3 heterocycles. The summed E-state index contributed by atoms with van der Waals surface area (Å²) in [7, 11) is 0. The lowest BCUT2D eigenvalue weighted by molar-refractivity contribution is -0.384. The van der Waals surface area contributed by atoms with Crippen molar-refractivity contribution in [1.82, 2.24) is 19.2 Å². The molecular formula is C15H8BrN5O3. The number of pyridine rings is 1. The van der Waals surface area contributed by atoms with Crippen LogP contribution in [0.3, 0.4) is 0 Å². The van der Waals surface area contributed by atoms with Crippen molar-refractivity contribution in [1.29, 1.82) is 0 Å². The van der Waals surface area contributed by atoms with Crippen molar-refractivity contribution in [3.63, 3.8) is 0 Å². The molecule has 24 heavy (non-hydrogen) atoms. The zero-order chi connectivity index (χ0) is 16.8. The lowest BCUT2D eigenvalue weighted by Crippen LogP contribution is -2.21. The van der Waals surface area contributed by atoms with E-state index in [1.54, 1.807) is 24.4 Å². The summed E-state index contributed by atoms with van der Waals surface area (Å²) in [4.78, 5) is 27.5. The van der Waals surface area contributed by atoms with E-state index in [-0.39, 0.29) is 11.2 Å². The second kappa shape index (κ2) is 5.24. The first kappa shape index (κ1) is 14.5. The van der Waals surface area contributed by atoms with Gasteiger partial charge in [0.1, 0.15) is 10.1 Å². The van der Waals surface area contributed by atoms with Crippen LogP contribution in [0, 0.1) is 10.1 Å². The largest absolute Gasteiger partial charge is 0.281 e. The standard InChI is InChI=1S/C15H8BrN5O3/c16-13-8-12-15(22)19(9-3-5-10(6-4-9)21(23)24)11-2-1-7-17-14(11)20(12)18-13/h1-8H. The molecule has 0 saturated heterocycles. The van der Waals surface area contributed by atoms with Crippen molar-refractivity contribution < 1.29 is 4.92 Å². The highest BCUT2D eigenvalue weighted by Crippen LogP contribution is 2.20. The van der Waals surface area contributed by atoms with E-state index in [1.165, 1.54) is 33.3 Å². The third kappa shape index (κ3) is 2.09. The number of halogens is 1. The fourth-order valence-corrected chi connectivity index (χ4v) is 2.97. The molecule has 0 saturated carbocycles. The Balaban J connectivity index is 2.11. The molecule has 0 N–H and O–H groups in total. The van der Waals surface area contributed by atoms with Crippen LogP contribution in [0.5, 0.6) is 0 Å². The Hall–Kier alpha value is -3.07. The Morgan fingerprint density at radius 3 is 2.58 bits per heavy atom. The van der Waals surface area contributed by atoms with E-state index in [2.05, 4.69) is 26.0 Å². The van der Waals surface area contributed by atoms with Crippen molar-refractivity contribution in [2.45, 2.75) is 0 Å². The maximum Gasteiger partial charge on any atom is 0.281 e. The summed E-state index contributed by atoms with van der Waals surface area (Å²) >= 11 is 3.27. The van der Waals surface area contributed by atoms with Gasteiger partial charge in [0, 0.05) is 30.1 Å². The summed E-state index contributed by atoms with van der Waals surface area (Å²) in [5.41, 5.74) is 1.61. The number of hydrogen-bond acceptors (Lipinski definition) is 5. The Kier molecular flexibility index (Phi) is 3.17. The molecule has 8 nitrogen and oxygen atoms in total. The Morgan fingerprint density at radius 1 is 1.12 bits per heavy atom. The van der Waals surface area contributed by atoms with Crippen LogP contribution in [0.25, 0.3) is 22.4 Å². The predicted molar refractivity (Wildman–Crippen MR) is 90.4 cm³/mol. The second-order valence-corrected chi connectivity index (χ2v) is 5.84. The Morgan fingerprint density at radius 2 is 1.88 bits per heavy atom. The highest BCUT2D eigenvalue weighted by molar-refractivity contribution is 9.10. The van der Waals surface area contributed by atoms with Crippen LogP contribution in [0.1, 0.15) is 0 Å². The topological polar surface area (TPSA) is 95.3 Å². The highest BCUT2D eigenvalue weighted by atomic mass is 79.9. The number of hydrogen-bond donors (Lipinski definition) is 0. The van der Waals surface area contributed by atoms with E-state index >= 15 is 0 Å². The summed E-state index contributed by atoms with van der Waals surface area (Å²) < 4.78 is 3.46. The molecule has 9 heteroatoms. The van der Waals surface area contributed by atoms with Gasteiger partial charge in [-0.15, -0.1) is 0 Å². The van der Waals surface area contributed by atoms with Crippen molar-refractivity contribution in [3.8, 4) is 5.69 Å². The average molecular weight is 386 g/mol. The van der Waals surface area contributed by atoms with Gasteiger partial charge in [-0.25, -0.2) is 9.50 Å². The third-order valence-corrected chi connectivity index (χ3v) is 4.02. The molecule has 0 aliphatic rings. The summed E-state index contributed by atoms with van der Waals surface area (Å²) in [6, 6.07) is 10.9. The lowest BCUT2D eigenvalue weighted by atomic mass is 10.2. The van der Waals surface area contributed by atoms with Gasteiger partial charge < -0.3 is 0 Å². The lowest BCUT2D eigenvalue weighted by Gasteiger charge is -2.10. The first-order valence-corrected chi connectivity index (χ1v) is 7.65. The molecular weight excluding hydrogens is 378 g/mol. The molecule has 0 spiro atoms. The minimum Gasteiger partial charge on any atom is -0.272 e. The van der Waals surface area contributed by atoms with Gasteiger partial charge in [0.15, 0.2) is 5.65 Å². The smallest absolute Gasteiger partial charge is 0.272 e. The summed E-state index contributed by atoms with van der Waals surface area (Å²) in [6.07, 6.45) is 1.61. The zero-order valence-corrected chi connectivity index (χ0v) is 13.5. The molecule has 1 aromatic carbocycles. The van der Waals surface area contributed by atoms with Crippen LogP contribution in [0.2, 0.25) is 0 Å². The van der Waals surface area contributed by atoms with Crippen LogP contribution in [-0.2, 0) is 0 Å². The molecule has 118 valence electrons. The van der Waals surface area contributed by atoms with Gasteiger partial charge in [-0.1, -0.05) is 0 Å². The van der Waals surface area contributed by atoms with Gasteiger partial charge in [-0.2, -0.15) is 5.10 Å². The first-order chi connectivity index (χ1) is 11.6. The zero-order valence-electron chi connectivity index (χ0n) is 12.0. The second-order valence-electron chi connectivity index (χ2n) is 5.02. The number of nitro groups is 1. The molecule has 0 unspecified atom stereocenters. The molecule has 3 aromatic heterocycles. The Labute approximate surface area is 142 Å². The number of nitrogens with zero attached hydrogens (tertiary/aromatic N) is 5. The molecule has 0 fully saturated rings. The molecule has 0 atom stereocenters. The van der Waals surface area contributed by atoms with Gasteiger partial charge in [-0.05, 0) is 40.2 Å². The fraction of sp³-hybridized carbons (Fsp3) is 0. The predicted octanol–water partition coefficient (Wildman–Crippen LogP) is 2.70.